The standard InChI is InChI=1S/C52H59NO11/c1-49(2,3)64-45(58)15-14-37(42(55)23-31-8-11-34-27-53-21-18-33(34)22-31)32-9-6-30(7-10-32)28-62-47(59)39-25-40(39)48(60)63-29-44(57)52(61)20-17-41-38-13-12-35-24-36(54)16-19-50(35,4)46(38)43(56)26-51(41,52)5/h6-11,16,18-19,21-22,24,27,37-41,43,46,56,61H,12-15,17,20,23,25-26,28-29H2,1-5H3/t37-,38+,39?,40?,41+,43+,46-,50+,51+,52+/m1/s1. The van der Waals surface area contributed by atoms with Gasteiger partial charge in [0.1, 0.15) is 23.6 Å². The number of rotatable bonds is 14. The SMILES string of the molecule is CC(C)(C)OC(=O)CC[C@@H](C(=O)Cc1ccc2cnccc2c1)c1ccc(COC(=O)C2CC2C(=O)OCC(=O)[C@@]2(O)CC[C@H]3[C@@H]4CCC5=CC(=O)C=C[C@]5(C)[C@H]4[C@@H](O)C[C@@]32C)cc1. The van der Waals surface area contributed by atoms with E-state index < -0.39 is 70.2 Å². The Morgan fingerprint density at radius 3 is 2.38 bits per heavy atom. The van der Waals surface area contributed by atoms with Crippen molar-refractivity contribution in [1.82, 2.24) is 4.98 Å². The molecule has 10 atom stereocenters. The van der Waals surface area contributed by atoms with E-state index in [4.69, 9.17) is 14.2 Å². The molecule has 4 saturated carbocycles. The van der Waals surface area contributed by atoms with Crippen LogP contribution in [0.1, 0.15) is 109 Å². The molecule has 12 heteroatoms. The highest BCUT2D eigenvalue weighted by Crippen LogP contribution is 2.67. The molecule has 5 aliphatic carbocycles. The summed E-state index contributed by atoms with van der Waals surface area (Å²) in [5.74, 6) is -4.58. The molecule has 0 amide bonds. The van der Waals surface area contributed by atoms with E-state index in [1.165, 1.54) is 0 Å². The third-order valence-electron chi connectivity index (χ3n) is 15.1. The van der Waals surface area contributed by atoms with Gasteiger partial charge in [-0.05, 0) is 118 Å². The summed E-state index contributed by atoms with van der Waals surface area (Å²) in [6.45, 7) is 8.63. The minimum atomic E-state index is -1.79. The summed E-state index contributed by atoms with van der Waals surface area (Å²) in [5.41, 5.74) is -0.585. The molecule has 1 aromatic heterocycles. The van der Waals surface area contributed by atoms with Gasteiger partial charge in [0.25, 0.3) is 0 Å². The summed E-state index contributed by atoms with van der Waals surface area (Å²) in [7, 11) is 0. The highest BCUT2D eigenvalue weighted by molar-refractivity contribution is 6.01. The number of hydrogen-bond donors (Lipinski definition) is 2. The van der Waals surface area contributed by atoms with Crippen LogP contribution in [0.5, 0.6) is 0 Å². The molecule has 3 aromatic rings. The second-order valence-corrected chi connectivity index (χ2v) is 20.3. The number of allylic oxidation sites excluding steroid dienone is 4. The Kier molecular flexibility index (Phi) is 12.2. The van der Waals surface area contributed by atoms with E-state index in [2.05, 4.69) is 11.9 Å². The zero-order valence-corrected chi connectivity index (χ0v) is 37.3. The second-order valence-electron chi connectivity index (χ2n) is 20.3. The number of benzene rings is 2. The maximum Gasteiger partial charge on any atom is 0.310 e. The molecule has 12 nitrogen and oxygen atoms in total. The van der Waals surface area contributed by atoms with Crippen molar-refractivity contribution in [2.75, 3.05) is 6.61 Å². The second kappa shape index (κ2) is 17.2. The Balaban J connectivity index is 0.838. The van der Waals surface area contributed by atoms with Crippen molar-refractivity contribution in [2.45, 2.75) is 122 Å². The summed E-state index contributed by atoms with van der Waals surface area (Å²) < 4.78 is 16.5. The number of pyridine rings is 1. The number of carbonyl (C=O) groups excluding carboxylic acids is 6. The molecule has 0 bridgehead atoms. The quantitative estimate of drug-likeness (QED) is 0.125. The molecule has 338 valence electrons. The van der Waals surface area contributed by atoms with E-state index >= 15 is 0 Å². The number of carbonyl (C=O) groups is 6. The van der Waals surface area contributed by atoms with Gasteiger partial charge >= 0.3 is 17.9 Å². The van der Waals surface area contributed by atoms with Gasteiger partial charge in [0, 0.05) is 53.3 Å². The number of aromatic nitrogens is 1. The smallest absolute Gasteiger partial charge is 0.310 e. The average Bonchev–Trinajstić information content (AvgIpc) is 4.00. The molecule has 0 saturated heterocycles. The molecule has 8 rings (SSSR count). The summed E-state index contributed by atoms with van der Waals surface area (Å²) in [6, 6.07) is 14.8. The number of esters is 3. The summed E-state index contributed by atoms with van der Waals surface area (Å²) in [4.78, 5) is 82.8. The van der Waals surface area contributed by atoms with E-state index in [1.807, 2.05) is 37.3 Å². The first kappa shape index (κ1) is 45.2. The first-order valence-corrected chi connectivity index (χ1v) is 22.7. The van der Waals surface area contributed by atoms with Crippen LogP contribution in [-0.2, 0) is 56.0 Å². The van der Waals surface area contributed by atoms with Gasteiger partial charge in [0.2, 0.25) is 5.78 Å². The fourth-order valence-corrected chi connectivity index (χ4v) is 11.7. The summed E-state index contributed by atoms with van der Waals surface area (Å²) in [5, 5.41) is 25.7. The van der Waals surface area contributed by atoms with Crippen LogP contribution in [0.2, 0.25) is 0 Å². The van der Waals surface area contributed by atoms with Gasteiger partial charge in [-0.2, -0.15) is 0 Å². The number of nitrogens with zero attached hydrogens (tertiary/aromatic N) is 1. The highest BCUT2D eigenvalue weighted by Gasteiger charge is 2.68. The maximum absolute atomic E-state index is 13.8. The predicted molar refractivity (Wildman–Crippen MR) is 235 cm³/mol. The molecule has 2 N–H and O–H groups in total. The molecule has 0 radical (unpaired) electrons. The molecule has 64 heavy (non-hydrogen) atoms. The molecule has 2 unspecified atom stereocenters. The van der Waals surface area contributed by atoms with Gasteiger partial charge in [-0.15, -0.1) is 0 Å². The topological polar surface area (TPSA) is 183 Å². The van der Waals surface area contributed by atoms with Crippen LogP contribution in [0, 0.1) is 40.4 Å². The van der Waals surface area contributed by atoms with Gasteiger partial charge in [-0.25, -0.2) is 0 Å². The van der Waals surface area contributed by atoms with Crippen molar-refractivity contribution in [3.05, 3.63) is 101 Å². The molecule has 1 heterocycles. The lowest BCUT2D eigenvalue weighted by Crippen LogP contribution is -2.61. The van der Waals surface area contributed by atoms with Crippen LogP contribution in [-0.4, -0.2) is 74.4 Å². The summed E-state index contributed by atoms with van der Waals surface area (Å²) >= 11 is 0. The van der Waals surface area contributed by atoms with Crippen molar-refractivity contribution in [2.24, 2.45) is 40.4 Å². The van der Waals surface area contributed by atoms with Crippen LogP contribution in [0.3, 0.4) is 0 Å². The minimum absolute atomic E-state index is 0.0382. The van der Waals surface area contributed by atoms with E-state index in [0.29, 0.717) is 18.4 Å². The fourth-order valence-electron chi connectivity index (χ4n) is 11.7. The Bertz CT molecular complexity index is 2430. The number of aliphatic hydroxyl groups is 2. The lowest BCUT2D eigenvalue weighted by molar-refractivity contribution is -0.181. The Morgan fingerprint density at radius 1 is 0.922 bits per heavy atom. The molecule has 0 spiro atoms. The van der Waals surface area contributed by atoms with Crippen molar-refractivity contribution in [3.8, 4) is 0 Å². The third kappa shape index (κ3) is 8.75. The van der Waals surface area contributed by atoms with E-state index in [-0.39, 0.29) is 80.4 Å². The van der Waals surface area contributed by atoms with E-state index in [0.717, 1.165) is 33.9 Å². The van der Waals surface area contributed by atoms with Gasteiger partial charge in [-0.1, -0.05) is 68.0 Å². The third-order valence-corrected chi connectivity index (χ3v) is 15.1. The van der Waals surface area contributed by atoms with Crippen LogP contribution >= 0.6 is 0 Å². The van der Waals surface area contributed by atoms with Crippen molar-refractivity contribution in [3.63, 3.8) is 0 Å². The largest absolute Gasteiger partial charge is 0.461 e. The van der Waals surface area contributed by atoms with Crippen molar-refractivity contribution in [1.29, 1.82) is 0 Å². The number of aliphatic hydroxyl groups excluding tert-OH is 1. The van der Waals surface area contributed by atoms with Gasteiger partial charge in [0.15, 0.2) is 12.4 Å². The van der Waals surface area contributed by atoms with Crippen molar-refractivity contribution < 1.29 is 53.2 Å². The zero-order chi connectivity index (χ0) is 45.8. The maximum atomic E-state index is 13.8. The Morgan fingerprint density at radius 2 is 1.64 bits per heavy atom. The first-order valence-electron chi connectivity index (χ1n) is 22.7. The minimum Gasteiger partial charge on any atom is -0.461 e. The number of hydrogen-bond acceptors (Lipinski definition) is 12. The fraction of sp³-hybridized carbons (Fsp3) is 0.519. The lowest BCUT2D eigenvalue weighted by atomic mass is 9.46. The first-order chi connectivity index (χ1) is 30.3. The molecule has 0 aliphatic heterocycles. The van der Waals surface area contributed by atoms with Crippen LogP contribution in [0.25, 0.3) is 10.8 Å². The monoisotopic (exact) mass is 873 g/mol. The number of ether oxygens (including phenoxy) is 3. The van der Waals surface area contributed by atoms with Crippen LogP contribution in [0.15, 0.2) is 84.7 Å². The van der Waals surface area contributed by atoms with Gasteiger partial charge < -0.3 is 24.4 Å². The zero-order valence-electron chi connectivity index (χ0n) is 37.3. The molecule has 2 aromatic carbocycles. The van der Waals surface area contributed by atoms with Crippen molar-refractivity contribution >= 4 is 46.0 Å². The van der Waals surface area contributed by atoms with E-state index in [1.54, 1.807) is 69.6 Å². The van der Waals surface area contributed by atoms with E-state index in [9.17, 15) is 39.0 Å². The highest BCUT2D eigenvalue weighted by atomic mass is 16.6. The summed E-state index contributed by atoms with van der Waals surface area (Å²) in [6.07, 6.45) is 11.0. The Labute approximate surface area is 373 Å². The normalized spacial score (nSPS) is 30.9. The molecular weight excluding hydrogens is 815 g/mol. The molecule has 4 fully saturated rings. The lowest BCUT2D eigenvalue weighted by Gasteiger charge is -2.59. The van der Waals surface area contributed by atoms with Gasteiger partial charge in [0.05, 0.1) is 17.9 Å². The number of fused-ring (bicyclic) bond motifs is 6. The number of Topliss-reactive ketones (excluding diaryl/α,β-unsaturated/α-hetero) is 2. The van der Waals surface area contributed by atoms with Gasteiger partial charge in [-0.3, -0.25) is 33.8 Å². The van der Waals surface area contributed by atoms with Crippen LogP contribution < -0.4 is 0 Å². The van der Waals surface area contributed by atoms with Crippen LogP contribution in [0.4, 0.5) is 0 Å². The molecular formula is C52H59NO11. The average molecular weight is 874 g/mol. The predicted octanol–water partition coefficient (Wildman–Crippen LogP) is 7.05. The Hall–Kier alpha value is -5.33. The molecule has 5 aliphatic rings. The number of ketones is 3.